The number of halogens is 1. The summed E-state index contributed by atoms with van der Waals surface area (Å²) in [6.45, 7) is 1.57. The molecule has 0 amide bonds. The molecule has 2 rings (SSSR count). The van der Waals surface area contributed by atoms with Crippen LogP contribution >= 0.6 is 0 Å². The smallest absolute Gasteiger partial charge is 0.148 e. The zero-order valence-electron chi connectivity index (χ0n) is 11.6. The van der Waals surface area contributed by atoms with E-state index in [0.29, 0.717) is 17.1 Å². The van der Waals surface area contributed by atoms with Gasteiger partial charge in [-0.25, -0.2) is 4.39 Å². The lowest BCUT2D eigenvalue weighted by atomic mass is 10.1. The Morgan fingerprint density at radius 2 is 1.76 bits per heavy atom. The predicted molar refractivity (Wildman–Crippen MR) is 74.8 cm³/mol. The average Bonchev–Trinajstić information content (AvgIpc) is 2.47. The number of aliphatic hydroxyl groups is 1. The van der Waals surface area contributed by atoms with Gasteiger partial charge in [-0.2, -0.15) is 5.26 Å². The molecule has 5 heteroatoms. The van der Waals surface area contributed by atoms with Crippen molar-refractivity contribution in [3.8, 4) is 23.3 Å². The minimum Gasteiger partial charge on any atom is -0.496 e. The van der Waals surface area contributed by atoms with Gasteiger partial charge in [-0.15, -0.1) is 0 Å². The van der Waals surface area contributed by atoms with Crippen molar-refractivity contribution < 1.29 is 19.0 Å². The zero-order chi connectivity index (χ0) is 15.4. The molecule has 21 heavy (non-hydrogen) atoms. The number of benzene rings is 2. The van der Waals surface area contributed by atoms with E-state index in [-0.39, 0.29) is 11.3 Å². The maximum atomic E-state index is 13.6. The van der Waals surface area contributed by atoms with Crippen LogP contribution in [0.4, 0.5) is 4.39 Å². The fourth-order valence-corrected chi connectivity index (χ4v) is 2.02. The molecule has 0 aliphatic rings. The van der Waals surface area contributed by atoms with Gasteiger partial charge >= 0.3 is 0 Å². The lowest BCUT2D eigenvalue weighted by Gasteiger charge is -2.17. The number of methoxy groups -OCH3 is 1. The molecule has 1 unspecified atom stereocenters. The monoisotopic (exact) mass is 287 g/mol. The van der Waals surface area contributed by atoms with E-state index in [4.69, 9.17) is 14.7 Å². The molecule has 0 aliphatic heterocycles. The number of nitriles is 1. The summed E-state index contributed by atoms with van der Waals surface area (Å²) in [7, 11) is 1.48. The first kappa shape index (κ1) is 14.8. The second kappa shape index (κ2) is 6.25. The number of hydrogen-bond acceptors (Lipinski definition) is 4. The Morgan fingerprint density at radius 3 is 2.38 bits per heavy atom. The third kappa shape index (κ3) is 2.96. The van der Waals surface area contributed by atoms with E-state index in [1.807, 2.05) is 0 Å². The first-order valence-corrected chi connectivity index (χ1v) is 6.30. The summed E-state index contributed by atoms with van der Waals surface area (Å²) in [5.74, 6) is 0.202. The van der Waals surface area contributed by atoms with E-state index in [0.717, 1.165) is 0 Å². The van der Waals surface area contributed by atoms with Crippen molar-refractivity contribution in [1.29, 1.82) is 5.26 Å². The van der Waals surface area contributed by atoms with Crippen molar-refractivity contribution in [1.82, 2.24) is 0 Å². The first-order chi connectivity index (χ1) is 10.1. The molecule has 1 N–H and O–H groups in total. The molecule has 1 atom stereocenters. The molecule has 4 nitrogen and oxygen atoms in total. The Bertz CT molecular complexity index is 692. The van der Waals surface area contributed by atoms with Crippen molar-refractivity contribution in [2.45, 2.75) is 13.0 Å². The Kier molecular flexibility index (Phi) is 4.41. The van der Waals surface area contributed by atoms with Gasteiger partial charge in [0.2, 0.25) is 0 Å². The molecule has 0 aromatic heterocycles. The Labute approximate surface area is 122 Å². The molecule has 0 radical (unpaired) electrons. The lowest BCUT2D eigenvalue weighted by Crippen LogP contribution is -2.01. The third-order valence-electron chi connectivity index (χ3n) is 2.97. The van der Waals surface area contributed by atoms with Crippen LogP contribution in [0.5, 0.6) is 17.2 Å². The molecule has 2 aromatic rings. The minimum atomic E-state index is -0.838. The summed E-state index contributed by atoms with van der Waals surface area (Å²) < 4.78 is 24.4. The average molecular weight is 287 g/mol. The number of hydrogen-bond donors (Lipinski definition) is 1. The highest BCUT2D eigenvalue weighted by Crippen LogP contribution is 2.37. The van der Waals surface area contributed by atoms with Gasteiger partial charge in [-0.3, -0.25) is 0 Å². The zero-order valence-corrected chi connectivity index (χ0v) is 11.6. The fourth-order valence-electron chi connectivity index (χ4n) is 2.02. The van der Waals surface area contributed by atoms with Crippen LogP contribution in [-0.4, -0.2) is 12.2 Å². The molecule has 0 aliphatic carbocycles. The molecular weight excluding hydrogens is 273 g/mol. The van der Waals surface area contributed by atoms with E-state index < -0.39 is 11.9 Å². The second-order valence-corrected chi connectivity index (χ2v) is 4.37. The Hall–Kier alpha value is -2.58. The van der Waals surface area contributed by atoms with Crippen LogP contribution in [0.3, 0.4) is 0 Å². The van der Waals surface area contributed by atoms with E-state index >= 15 is 0 Å². The van der Waals surface area contributed by atoms with Crippen molar-refractivity contribution in [2.75, 3.05) is 7.11 Å². The third-order valence-corrected chi connectivity index (χ3v) is 2.97. The molecule has 0 bridgehead atoms. The van der Waals surface area contributed by atoms with Crippen molar-refractivity contribution in [2.24, 2.45) is 0 Å². The van der Waals surface area contributed by atoms with Crippen LogP contribution in [0, 0.1) is 17.1 Å². The lowest BCUT2D eigenvalue weighted by molar-refractivity contribution is 0.190. The number of ether oxygens (including phenoxy) is 2. The van der Waals surface area contributed by atoms with E-state index in [1.165, 1.54) is 25.3 Å². The fraction of sp³-hybridized carbons (Fsp3) is 0.188. The molecule has 0 fully saturated rings. The van der Waals surface area contributed by atoms with Crippen LogP contribution in [0.2, 0.25) is 0 Å². The quantitative estimate of drug-likeness (QED) is 0.934. The van der Waals surface area contributed by atoms with Crippen LogP contribution in [0.25, 0.3) is 0 Å². The molecule has 0 saturated heterocycles. The SMILES string of the molecule is COc1cccc(Oc2cccc(F)c2C#N)c1C(C)O. The number of rotatable bonds is 4. The first-order valence-electron chi connectivity index (χ1n) is 6.30. The molecule has 0 heterocycles. The van der Waals surface area contributed by atoms with Gasteiger partial charge in [0.1, 0.15) is 34.7 Å². The highest BCUT2D eigenvalue weighted by atomic mass is 19.1. The van der Waals surface area contributed by atoms with Gasteiger partial charge in [0, 0.05) is 0 Å². The van der Waals surface area contributed by atoms with Gasteiger partial charge in [0.05, 0.1) is 18.8 Å². The van der Waals surface area contributed by atoms with Crippen LogP contribution in [0.15, 0.2) is 36.4 Å². The molecule has 108 valence electrons. The van der Waals surface area contributed by atoms with Gasteiger partial charge in [0.15, 0.2) is 0 Å². The van der Waals surface area contributed by atoms with Gasteiger partial charge in [0.25, 0.3) is 0 Å². The van der Waals surface area contributed by atoms with E-state index in [2.05, 4.69) is 0 Å². The highest BCUT2D eigenvalue weighted by molar-refractivity contribution is 5.51. The Balaban J connectivity index is 2.51. The van der Waals surface area contributed by atoms with Crippen molar-refractivity contribution in [3.63, 3.8) is 0 Å². The van der Waals surface area contributed by atoms with E-state index in [9.17, 15) is 9.50 Å². The normalized spacial score (nSPS) is 11.6. The maximum absolute atomic E-state index is 13.6. The van der Waals surface area contributed by atoms with Gasteiger partial charge in [-0.05, 0) is 31.2 Å². The summed E-state index contributed by atoms with van der Waals surface area (Å²) in [4.78, 5) is 0. The molecule has 0 spiro atoms. The van der Waals surface area contributed by atoms with Crippen LogP contribution in [-0.2, 0) is 0 Å². The minimum absolute atomic E-state index is 0.0904. The topological polar surface area (TPSA) is 62.5 Å². The summed E-state index contributed by atoms with van der Waals surface area (Å²) >= 11 is 0. The largest absolute Gasteiger partial charge is 0.496 e. The van der Waals surface area contributed by atoms with Gasteiger partial charge in [-0.1, -0.05) is 12.1 Å². The van der Waals surface area contributed by atoms with Gasteiger partial charge < -0.3 is 14.6 Å². The van der Waals surface area contributed by atoms with Crippen LogP contribution in [0.1, 0.15) is 24.2 Å². The number of nitrogens with zero attached hydrogens (tertiary/aromatic N) is 1. The summed E-state index contributed by atoms with van der Waals surface area (Å²) in [6.07, 6.45) is -0.838. The highest BCUT2D eigenvalue weighted by Gasteiger charge is 2.18. The van der Waals surface area contributed by atoms with Crippen molar-refractivity contribution in [3.05, 3.63) is 53.3 Å². The molecule has 0 saturated carbocycles. The van der Waals surface area contributed by atoms with Crippen molar-refractivity contribution >= 4 is 0 Å². The molecular formula is C16H14FNO3. The predicted octanol–water partition coefficient (Wildman–Crippen LogP) is 3.55. The number of aliphatic hydroxyl groups excluding tert-OH is 1. The van der Waals surface area contributed by atoms with Crippen LogP contribution < -0.4 is 9.47 Å². The van der Waals surface area contributed by atoms with E-state index in [1.54, 1.807) is 31.2 Å². The summed E-state index contributed by atoms with van der Waals surface area (Å²) in [5.41, 5.74) is 0.255. The summed E-state index contributed by atoms with van der Waals surface area (Å²) in [6, 6.07) is 10.9. The summed E-state index contributed by atoms with van der Waals surface area (Å²) in [5, 5.41) is 18.9. The second-order valence-electron chi connectivity index (χ2n) is 4.37. The Morgan fingerprint density at radius 1 is 1.14 bits per heavy atom. The maximum Gasteiger partial charge on any atom is 0.148 e. The molecule has 2 aromatic carbocycles. The standard InChI is InChI=1S/C16H14FNO3/c1-10(19)16-14(20-2)7-4-8-15(16)21-13-6-3-5-12(17)11(13)9-18/h3-8,10,19H,1-2H3.